The molecule has 0 fully saturated rings. The van der Waals surface area contributed by atoms with Crippen LogP contribution in [0.1, 0.15) is 21.5 Å². The highest BCUT2D eigenvalue weighted by atomic mass is 32.2. The van der Waals surface area contributed by atoms with Crippen molar-refractivity contribution in [3.63, 3.8) is 0 Å². The Kier molecular flexibility index (Phi) is 6.84. The number of tetrazole rings is 1. The molecule has 1 heterocycles. The van der Waals surface area contributed by atoms with Gasteiger partial charge in [0.25, 0.3) is 0 Å². The van der Waals surface area contributed by atoms with Crippen molar-refractivity contribution in [1.82, 2.24) is 20.2 Å². The Morgan fingerprint density at radius 1 is 1.21 bits per heavy atom. The molecule has 3 rings (SSSR count). The van der Waals surface area contributed by atoms with Gasteiger partial charge in [-0.3, -0.25) is 0 Å². The van der Waals surface area contributed by atoms with E-state index in [9.17, 15) is 9.90 Å². The quantitative estimate of drug-likeness (QED) is 0.444. The van der Waals surface area contributed by atoms with E-state index in [0.717, 1.165) is 16.8 Å². The summed E-state index contributed by atoms with van der Waals surface area (Å²) in [4.78, 5) is 11.6. The zero-order valence-electron chi connectivity index (χ0n) is 16.4. The molecule has 152 valence electrons. The monoisotopic (exact) mass is 414 g/mol. The molecule has 1 unspecified atom stereocenters. The SMILES string of the molecule is COC(=O)c1cccc(OCC(O)CSc2nnnn2-c2c(C)cccc2C)c1. The second-order valence-corrected chi connectivity index (χ2v) is 7.40. The van der Waals surface area contributed by atoms with E-state index in [4.69, 9.17) is 9.47 Å². The number of aliphatic hydroxyl groups excluding tert-OH is 1. The average Bonchev–Trinajstić information content (AvgIpc) is 3.18. The van der Waals surface area contributed by atoms with Gasteiger partial charge >= 0.3 is 5.97 Å². The fourth-order valence-corrected chi connectivity index (χ4v) is 3.57. The molecule has 0 aliphatic carbocycles. The number of thioether (sulfide) groups is 1. The number of nitrogens with zero attached hydrogens (tertiary/aromatic N) is 4. The number of hydrogen-bond donors (Lipinski definition) is 1. The van der Waals surface area contributed by atoms with Gasteiger partial charge in [-0.05, 0) is 53.6 Å². The molecule has 1 aromatic heterocycles. The number of hydrogen-bond acceptors (Lipinski definition) is 8. The Hall–Kier alpha value is -2.91. The molecular weight excluding hydrogens is 392 g/mol. The van der Waals surface area contributed by atoms with Crippen molar-refractivity contribution < 1.29 is 19.4 Å². The molecular formula is C20H22N4O4S. The van der Waals surface area contributed by atoms with Crippen molar-refractivity contribution in [2.45, 2.75) is 25.1 Å². The van der Waals surface area contributed by atoms with E-state index in [1.165, 1.54) is 18.9 Å². The van der Waals surface area contributed by atoms with Crippen LogP contribution in [0.2, 0.25) is 0 Å². The number of carbonyl (C=O) groups excluding carboxylic acids is 1. The summed E-state index contributed by atoms with van der Waals surface area (Å²) in [7, 11) is 1.32. The first kappa shape index (κ1) is 20.8. The smallest absolute Gasteiger partial charge is 0.337 e. The maximum atomic E-state index is 11.6. The molecule has 0 aliphatic rings. The number of para-hydroxylation sites is 1. The normalized spacial score (nSPS) is 11.9. The Bertz CT molecular complexity index is 972. The van der Waals surface area contributed by atoms with Crippen LogP contribution in [0.25, 0.3) is 5.69 Å². The number of ether oxygens (including phenoxy) is 2. The van der Waals surface area contributed by atoms with Crippen LogP contribution in [-0.4, -0.2) is 56.9 Å². The maximum absolute atomic E-state index is 11.6. The molecule has 0 saturated heterocycles. The second-order valence-electron chi connectivity index (χ2n) is 6.41. The van der Waals surface area contributed by atoms with Gasteiger partial charge in [0.2, 0.25) is 5.16 Å². The van der Waals surface area contributed by atoms with Crippen molar-refractivity contribution in [2.24, 2.45) is 0 Å². The number of esters is 1. The number of methoxy groups -OCH3 is 1. The van der Waals surface area contributed by atoms with Gasteiger partial charge < -0.3 is 14.6 Å². The largest absolute Gasteiger partial charge is 0.491 e. The number of benzene rings is 2. The molecule has 29 heavy (non-hydrogen) atoms. The van der Waals surface area contributed by atoms with Crippen LogP contribution in [0.3, 0.4) is 0 Å². The molecule has 0 amide bonds. The van der Waals surface area contributed by atoms with Gasteiger partial charge in [0.05, 0.1) is 24.5 Å². The molecule has 3 aromatic rings. The van der Waals surface area contributed by atoms with Crippen LogP contribution in [0.4, 0.5) is 0 Å². The summed E-state index contributed by atoms with van der Waals surface area (Å²) in [5.41, 5.74) is 3.45. The van der Waals surface area contributed by atoms with Gasteiger partial charge in [-0.1, -0.05) is 36.0 Å². The van der Waals surface area contributed by atoms with Gasteiger partial charge in [0, 0.05) is 5.75 Å². The van der Waals surface area contributed by atoms with Crippen LogP contribution in [-0.2, 0) is 4.74 Å². The third-order valence-electron chi connectivity index (χ3n) is 4.19. The molecule has 0 saturated carbocycles. The fourth-order valence-electron chi connectivity index (χ4n) is 2.79. The lowest BCUT2D eigenvalue weighted by Crippen LogP contribution is -2.20. The second kappa shape index (κ2) is 9.53. The zero-order valence-corrected chi connectivity index (χ0v) is 17.2. The van der Waals surface area contributed by atoms with Gasteiger partial charge in [-0.25, -0.2) is 4.79 Å². The molecule has 0 spiro atoms. The van der Waals surface area contributed by atoms with Crippen molar-refractivity contribution in [2.75, 3.05) is 19.5 Å². The number of aliphatic hydroxyl groups is 1. The van der Waals surface area contributed by atoms with Crippen LogP contribution >= 0.6 is 11.8 Å². The predicted molar refractivity (Wildman–Crippen MR) is 109 cm³/mol. The lowest BCUT2D eigenvalue weighted by molar-refractivity contribution is 0.0600. The minimum absolute atomic E-state index is 0.0720. The van der Waals surface area contributed by atoms with E-state index < -0.39 is 12.1 Å². The molecule has 9 heteroatoms. The molecule has 1 N–H and O–H groups in total. The van der Waals surface area contributed by atoms with Crippen molar-refractivity contribution in [3.8, 4) is 11.4 Å². The molecule has 1 atom stereocenters. The summed E-state index contributed by atoms with van der Waals surface area (Å²) in [6, 6.07) is 12.6. The van der Waals surface area contributed by atoms with E-state index in [1.807, 2.05) is 32.0 Å². The predicted octanol–water partition coefficient (Wildman–Crippen LogP) is 2.60. The zero-order chi connectivity index (χ0) is 20.8. The summed E-state index contributed by atoms with van der Waals surface area (Å²) in [5, 5.41) is 22.8. The molecule has 2 aromatic carbocycles. The van der Waals surface area contributed by atoms with Gasteiger partial charge in [0.1, 0.15) is 12.4 Å². The van der Waals surface area contributed by atoms with E-state index in [0.29, 0.717) is 22.2 Å². The van der Waals surface area contributed by atoms with Gasteiger partial charge in [-0.2, -0.15) is 4.68 Å². The van der Waals surface area contributed by atoms with E-state index in [-0.39, 0.29) is 6.61 Å². The Morgan fingerprint density at radius 2 is 1.93 bits per heavy atom. The van der Waals surface area contributed by atoms with E-state index in [2.05, 4.69) is 15.5 Å². The Morgan fingerprint density at radius 3 is 2.66 bits per heavy atom. The molecule has 8 nitrogen and oxygen atoms in total. The van der Waals surface area contributed by atoms with Crippen molar-refractivity contribution in [1.29, 1.82) is 0 Å². The Labute approximate surface area is 172 Å². The highest BCUT2D eigenvalue weighted by Gasteiger charge is 2.16. The summed E-state index contributed by atoms with van der Waals surface area (Å²) >= 11 is 1.34. The molecule has 0 aliphatic heterocycles. The average molecular weight is 414 g/mol. The van der Waals surface area contributed by atoms with Gasteiger partial charge in [-0.15, -0.1) is 5.10 Å². The first-order valence-corrected chi connectivity index (χ1v) is 9.95. The van der Waals surface area contributed by atoms with E-state index in [1.54, 1.807) is 28.9 Å². The lowest BCUT2D eigenvalue weighted by atomic mass is 10.1. The summed E-state index contributed by atoms with van der Waals surface area (Å²) < 4.78 is 12.0. The Balaban J connectivity index is 1.59. The number of aromatic nitrogens is 4. The van der Waals surface area contributed by atoms with Crippen molar-refractivity contribution in [3.05, 3.63) is 59.2 Å². The van der Waals surface area contributed by atoms with Crippen LogP contribution < -0.4 is 4.74 Å². The highest BCUT2D eigenvalue weighted by Crippen LogP contribution is 2.24. The topological polar surface area (TPSA) is 99.4 Å². The van der Waals surface area contributed by atoms with Crippen LogP contribution in [0, 0.1) is 13.8 Å². The standard InChI is InChI=1S/C20H22N4O4S/c1-13-6-4-7-14(2)18(13)24-20(21-22-23-24)29-12-16(25)11-28-17-9-5-8-15(10-17)19(26)27-3/h4-10,16,25H,11-12H2,1-3H3. The van der Waals surface area contributed by atoms with E-state index >= 15 is 0 Å². The van der Waals surface area contributed by atoms with Crippen LogP contribution in [0.5, 0.6) is 5.75 Å². The lowest BCUT2D eigenvalue weighted by Gasteiger charge is -2.13. The summed E-state index contributed by atoms with van der Waals surface area (Å²) in [5.74, 6) is 0.393. The first-order valence-electron chi connectivity index (χ1n) is 8.96. The first-order chi connectivity index (χ1) is 14.0. The number of aryl methyl sites for hydroxylation is 2. The summed E-state index contributed by atoms with van der Waals surface area (Å²) in [6.07, 6.45) is -0.745. The number of rotatable bonds is 8. The highest BCUT2D eigenvalue weighted by molar-refractivity contribution is 7.99. The van der Waals surface area contributed by atoms with Crippen molar-refractivity contribution >= 4 is 17.7 Å². The molecule has 0 bridgehead atoms. The molecule has 0 radical (unpaired) electrons. The minimum atomic E-state index is -0.745. The third kappa shape index (κ3) is 5.12. The van der Waals surface area contributed by atoms with Gasteiger partial charge in [0.15, 0.2) is 0 Å². The van der Waals surface area contributed by atoms with Crippen LogP contribution in [0.15, 0.2) is 47.6 Å². The third-order valence-corrected chi connectivity index (χ3v) is 5.26. The fraction of sp³-hybridized carbons (Fsp3) is 0.300. The summed E-state index contributed by atoms with van der Waals surface area (Å²) in [6.45, 7) is 4.08. The maximum Gasteiger partial charge on any atom is 0.337 e. The minimum Gasteiger partial charge on any atom is -0.491 e. The number of carbonyl (C=O) groups is 1.